The first-order valence-electron chi connectivity index (χ1n) is 7.24. The molecule has 1 aliphatic rings. The maximum atomic E-state index is 11.2. The van der Waals surface area contributed by atoms with E-state index in [0.29, 0.717) is 24.2 Å². The van der Waals surface area contributed by atoms with Crippen LogP contribution >= 0.6 is 0 Å². The van der Waals surface area contributed by atoms with Gasteiger partial charge >= 0.3 is 5.97 Å². The first-order chi connectivity index (χ1) is 10.5. The van der Waals surface area contributed by atoms with Crippen LogP contribution in [-0.4, -0.2) is 49.5 Å². The summed E-state index contributed by atoms with van der Waals surface area (Å²) in [5.41, 5.74) is 1.99. The van der Waals surface area contributed by atoms with E-state index < -0.39 is 5.97 Å². The van der Waals surface area contributed by atoms with Gasteiger partial charge in [0, 0.05) is 32.9 Å². The van der Waals surface area contributed by atoms with Gasteiger partial charge in [-0.3, -0.25) is 4.79 Å². The molecule has 1 unspecified atom stereocenters. The summed E-state index contributed by atoms with van der Waals surface area (Å²) in [6.45, 7) is 1.30. The summed E-state index contributed by atoms with van der Waals surface area (Å²) in [5.74, 6) is -1.09. The Morgan fingerprint density at radius 3 is 2.95 bits per heavy atom. The van der Waals surface area contributed by atoms with Gasteiger partial charge in [-0.1, -0.05) is 0 Å². The number of carboxylic acids is 1. The predicted octanol–water partition coefficient (Wildman–Crippen LogP) is 2.08. The van der Waals surface area contributed by atoms with Crippen LogP contribution in [0.25, 0.3) is 0 Å². The molecule has 1 saturated heterocycles. The average Bonchev–Trinajstić information content (AvgIpc) is 2.52. The van der Waals surface area contributed by atoms with Gasteiger partial charge in [0.15, 0.2) is 0 Å². The maximum absolute atomic E-state index is 11.2. The molecule has 1 aliphatic heterocycles. The van der Waals surface area contributed by atoms with Crippen molar-refractivity contribution in [3.63, 3.8) is 0 Å². The lowest BCUT2D eigenvalue weighted by Crippen LogP contribution is -2.38. The van der Waals surface area contributed by atoms with Crippen molar-refractivity contribution in [1.82, 2.24) is 4.90 Å². The molecule has 2 rings (SSSR count). The molecular formula is C16H20N4O2. The van der Waals surface area contributed by atoms with Gasteiger partial charge in [0.1, 0.15) is 6.07 Å². The minimum absolute atomic E-state index is 0.342. The van der Waals surface area contributed by atoms with Crippen molar-refractivity contribution in [2.75, 3.05) is 32.1 Å². The van der Waals surface area contributed by atoms with Crippen LogP contribution in [0, 0.1) is 17.2 Å². The standard InChI is InChI=1S/C16H20N4O2/c1-19(2)11-18-15-6-5-14(8-13(15)9-17)20-7-3-4-12(10-20)16(21)22/h5-6,8,11-12H,3-4,7,10H2,1-2H3,(H,21,22)/b18-11+. The molecule has 0 bridgehead atoms. The molecule has 0 aliphatic carbocycles. The van der Waals surface area contributed by atoms with Crippen LogP contribution < -0.4 is 4.90 Å². The number of rotatable bonds is 4. The fraction of sp³-hybridized carbons (Fsp3) is 0.438. The highest BCUT2D eigenvalue weighted by Crippen LogP contribution is 2.28. The summed E-state index contributed by atoms with van der Waals surface area (Å²) < 4.78 is 0. The second kappa shape index (κ2) is 6.94. The number of nitriles is 1. The summed E-state index contributed by atoms with van der Waals surface area (Å²) in [4.78, 5) is 19.3. The van der Waals surface area contributed by atoms with E-state index >= 15 is 0 Å². The van der Waals surface area contributed by atoms with Crippen molar-refractivity contribution in [2.45, 2.75) is 12.8 Å². The zero-order chi connectivity index (χ0) is 16.1. The number of aliphatic imine (C=N–C) groups is 1. The Balaban J connectivity index is 2.22. The van der Waals surface area contributed by atoms with Crippen LogP contribution in [-0.2, 0) is 4.79 Å². The van der Waals surface area contributed by atoms with Crippen LogP contribution in [0.15, 0.2) is 23.2 Å². The van der Waals surface area contributed by atoms with Crippen LogP contribution in [0.3, 0.4) is 0 Å². The first kappa shape index (κ1) is 15.8. The van der Waals surface area contributed by atoms with Gasteiger partial charge in [0.05, 0.1) is 23.5 Å². The highest BCUT2D eigenvalue weighted by atomic mass is 16.4. The fourth-order valence-corrected chi connectivity index (χ4v) is 2.51. The van der Waals surface area contributed by atoms with Crippen LogP contribution in [0.1, 0.15) is 18.4 Å². The Kier molecular flexibility index (Phi) is 4.99. The molecule has 0 radical (unpaired) electrons. The first-order valence-corrected chi connectivity index (χ1v) is 7.24. The molecule has 116 valence electrons. The SMILES string of the molecule is CN(C)/C=N/c1ccc(N2CCCC(C(=O)O)C2)cc1C#N. The zero-order valence-electron chi connectivity index (χ0n) is 12.9. The molecule has 6 heteroatoms. The number of hydrogen-bond acceptors (Lipinski definition) is 4. The number of carbonyl (C=O) groups is 1. The third-order valence-corrected chi connectivity index (χ3v) is 3.66. The van der Waals surface area contributed by atoms with E-state index in [4.69, 9.17) is 5.11 Å². The smallest absolute Gasteiger partial charge is 0.308 e. The van der Waals surface area contributed by atoms with Crippen molar-refractivity contribution in [3.8, 4) is 6.07 Å². The molecule has 0 amide bonds. The fourth-order valence-electron chi connectivity index (χ4n) is 2.51. The number of nitrogens with zero attached hydrogens (tertiary/aromatic N) is 4. The van der Waals surface area contributed by atoms with Crippen molar-refractivity contribution in [1.29, 1.82) is 5.26 Å². The minimum atomic E-state index is -0.752. The number of hydrogen-bond donors (Lipinski definition) is 1. The Morgan fingerprint density at radius 2 is 2.32 bits per heavy atom. The van der Waals surface area contributed by atoms with Gasteiger partial charge in [-0.2, -0.15) is 5.26 Å². The lowest BCUT2D eigenvalue weighted by molar-refractivity contribution is -0.141. The lowest BCUT2D eigenvalue weighted by Gasteiger charge is -2.32. The number of anilines is 1. The Hall–Kier alpha value is -2.55. The molecule has 1 aromatic rings. The molecule has 0 aromatic heterocycles. The van der Waals surface area contributed by atoms with Gasteiger partial charge in [0.2, 0.25) is 0 Å². The highest BCUT2D eigenvalue weighted by molar-refractivity contribution is 5.72. The van der Waals surface area contributed by atoms with E-state index in [1.807, 2.05) is 25.1 Å². The Morgan fingerprint density at radius 1 is 1.55 bits per heavy atom. The predicted molar refractivity (Wildman–Crippen MR) is 85.6 cm³/mol. The summed E-state index contributed by atoms with van der Waals surface area (Å²) >= 11 is 0. The van der Waals surface area contributed by atoms with E-state index in [1.54, 1.807) is 23.4 Å². The van der Waals surface area contributed by atoms with E-state index in [2.05, 4.69) is 11.1 Å². The molecule has 1 N–H and O–H groups in total. The van der Waals surface area contributed by atoms with Crippen LogP contribution in [0.5, 0.6) is 0 Å². The van der Waals surface area contributed by atoms with E-state index in [-0.39, 0.29) is 5.92 Å². The van der Waals surface area contributed by atoms with Crippen molar-refractivity contribution in [3.05, 3.63) is 23.8 Å². The topological polar surface area (TPSA) is 79.9 Å². The quantitative estimate of drug-likeness (QED) is 0.680. The monoisotopic (exact) mass is 300 g/mol. The van der Waals surface area contributed by atoms with E-state index in [0.717, 1.165) is 18.7 Å². The highest BCUT2D eigenvalue weighted by Gasteiger charge is 2.25. The molecule has 0 spiro atoms. The average molecular weight is 300 g/mol. The lowest BCUT2D eigenvalue weighted by atomic mass is 9.97. The van der Waals surface area contributed by atoms with E-state index in [9.17, 15) is 10.1 Å². The molecular weight excluding hydrogens is 280 g/mol. The normalized spacial score (nSPS) is 18.2. The maximum Gasteiger partial charge on any atom is 0.308 e. The third kappa shape index (κ3) is 3.76. The second-order valence-corrected chi connectivity index (χ2v) is 5.64. The molecule has 6 nitrogen and oxygen atoms in total. The summed E-state index contributed by atoms with van der Waals surface area (Å²) in [5, 5.41) is 18.5. The summed E-state index contributed by atoms with van der Waals surface area (Å²) in [6.07, 6.45) is 3.21. The van der Waals surface area contributed by atoms with Gasteiger partial charge in [-0.25, -0.2) is 4.99 Å². The summed E-state index contributed by atoms with van der Waals surface area (Å²) in [6, 6.07) is 7.64. The largest absolute Gasteiger partial charge is 0.481 e. The molecule has 1 fully saturated rings. The minimum Gasteiger partial charge on any atom is -0.481 e. The molecule has 1 aromatic carbocycles. The van der Waals surface area contributed by atoms with Gasteiger partial charge < -0.3 is 14.9 Å². The van der Waals surface area contributed by atoms with E-state index in [1.165, 1.54) is 0 Å². The van der Waals surface area contributed by atoms with Crippen LogP contribution in [0.4, 0.5) is 11.4 Å². The van der Waals surface area contributed by atoms with Crippen LogP contribution in [0.2, 0.25) is 0 Å². The number of aliphatic carboxylic acids is 1. The van der Waals surface area contributed by atoms with Gasteiger partial charge in [0.25, 0.3) is 0 Å². The summed E-state index contributed by atoms with van der Waals surface area (Å²) in [7, 11) is 3.73. The third-order valence-electron chi connectivity index (χ3n) is 3.66. The molecule has 0 saturated carbocycles. The van der Waals surface area contributed by atoms with Gasteiger partial charge in [-0.05, 0) is 31.0 Å². The second-order valence-electron chi connectivity index (χ2n) is 5.64. The molecule has 1 atom stereocenters. The number of benzene rings is 1. The Labute approximate surface area is 130 Å². The zero-order valence-corrected chi connectivity index (χ0v) is 12.9. The van der Waals surface area contributed by atoms with Crippen molar-refractivity contribution in [2.24, 2.45) is 10.9 Å². The van der Waals surface area contributed by atoms with Crippen molar-refractivity contribution < 1.29 is 9.90 Å². The molecule has 1 heterocycles. The molecule has 22 heavy (non-hydrogen) atoms. The number of carboxylic acid groups (broad SMARTS) is 1. The van der Waals surface area contributed by atoms with Gasteiger partial charge in [-0.15, -0.1) is 0 Å². The van der Waals surface area contributed by atoms with Crippen molar-refractivity contribution >= 4 is 23.7 Å². The Bertz CT molecular complexity index is 619. The number of piperidine rings is 1.